The fourth-order valence-corrected chi connectivity index (χ4v) is 7.88. The van der Waals surface area contributed by atoms with Crippen LogP contribution in [0.2, 0.25) is 0 Å². The Bertz CT molecular complexity index is 1020. The number of unbranched alkanes of at least 4 members (excludes halogenated alkanes) is 21. The Kier molecular flexibility index (Phi) is 36.0. The van der Waals surface area contributed by atoms with Gasteiger partial charge in [-0.1, -0.05) is 143 Å². The van der Waals surface area contributed by atoms with Gasteiger partial charge in [-0.15, -0.1) is 0 Å². The lowest BCUT2D eigenvalue weighted by atomic mass is 10.0. The molecule has 2 atom stereocenters. The normalized spacial score (nSPS) is 15.6. The van der Waals surface area contributed by atoms with E-state index in [-0.39, 0.29) is 42.7 Å². The zero-order chi connectivity index (χ0) is 43.2. The van der Waals surface area contributed by atoms with Crippen molar-refractivity contribution in [1.29, 1.82) is 0 Å². The minimum atomic E-state index is -0.488. The van der Waals surface area contributed by atoms with Crippen molar-refractivity contribution in [2.75, 3.05) is 46.9 Å². The quantitative estimate of drug-likeness (QED) is 0.0335. The lowest BCUT2D eigenvalue weighted by Gasteiger charge is -2.22. The van der Waals surface area contributed by atoms with Gasteiger partial charge in [-0.05, 0) is 78.4 Å². The van der Waals surface area contributed by atoms with Gasteiger partial charge in [0.1, 0.15) is 18.2 Å². The number of hydrogen-bond donors (Lipinski definition) is 0. The highest BCUT2D eigenvalue weighted by Crippen LogP contribution is 2.24. The van der Waals surface area contributed by atoms with E-state index < -0.39 is 6.04 Å². The van der Waals surface area contributed by atoms with Crippen LogP contribution in [0, 0.1) is 0 Å². The van der Waals surface area contributed by atoms with Crippen molar-refractivity contribution >= 4 is 23.9 Å². The maximum atomic E-state index is 13.4. The molecule has 1 fully saturated rings. The molecule has 1 aliphatic heterocycles. The molecule has 0 amide bonds. The Morgan fingerprint density at radius 3 is 1.59 bits per heavy atom. The van der Waals surface area contributed by atoms with Gasteiger partial charge in [-0.2, -0.15) is 0 Å². The number of rotatable bonds is 41. The van der Waals surface area contributed by atoms with E-state index in [0.717, 1.165) is 57.8 Å². The smallest absolute Gasteiger partial charge is 0.323 e. The molecule has 1 saturated heterocycles. The van der Waals surface area contributed by atoms with Crippen molar-refractivity contribution in [2.45, 2.75) is 244 Å². The molecule has 0 aromatic heterocycles. The molecule has 0 radical (unpaired) electrons. The molecule has 0 unspecified atom stereocenters. The first-order chi connectivity index (χ1) is 28.7. The number of esters is 4. The van der Waals surface area contributed by atoms with Crippen LogP contribution >= 0.6 is 0 Å². The fourth-order valence-electron chi connectivity index (χ4n) is 7.88. The second-order valence-corrected chi connectivity index (χ2v) is 17.6. The van der Waals surface area contributed by atoms with E-state index in [2.05, 4.69) is 25.7 Å². The van der Waals surface area contributed by atoms with Gasteiger partial charge in [0.25, 0.3) is 0 Å². The highest BCUT2D eigenvalue weighted by molar-refractivity contribution is 5.76. The van der Waals surface area contributed by atoms with Gasteiger partial charge >= 0.3 is 23.9 Å². The summed E-state index contributed by atoms with van der Waals surface area (Å²) in [4.78, 5) is 55.1. The number of carbonyl (C=O) groups excluding carboxylic acids is 4. The number of ether oxygens (including phenoxy) is 4. The standard InChI is InChI=1S/C49H92N2O8/c1-6-9-12-15-18-19-20-23-30-39-56-46(52)34-27-24-29-37-51-42-44(59-48(54)36-38-50(4)5)41-45(51)49(55)57-40-31-28-35-47(53)58-43(32-25-21-16-13-10-7-2)33-26-22-17-14-11-8-3/h43-45H,6-42H2,1-5H3/t44-,45+/m1/s1. The Balaban J connectivity index is 2.47. The van der Waals surface area contributed by atoms with Crippen LogP contribution in [0.25, 0.3) is 0 Å². The molecule has 1 rings (SSSR count). The minimum absolute atomic E-state index is 0.000789. The molecule has 0 N–H and O–H groups in total. The van der Waals surface area contributed by atoms with E-state index in [0.29, 0.717) is 64.8 Å². The Labute approximate surface area is 362 Å². The SMILES string of the molecule is CCCCCCCCCCCOC(=O)CCCCCN1C[C@H](OC(=O)CCN(C)C)C[C@H]1C(=O)OCCCCC(=O)OC(CCCCCCCC)CCCCCCCC. The van der Waals surface area contributed by atoms with Gasteiger partial charge in [0.05, 0.1) is 19.6 Å². The van der Waals surface area contributed by atoms with Gasteiger partial charge in [0.2, 0.25) is 0 Å². The Morgan fingerprint density at radius 2 is 1.02 bits per heavy atom. The third-order valence-corrected chi connectivity index (χ3v) is 11.6. The van der Waals surface area contributed by atoms with E-state index in [1.165, 1.54) is 109 Å². The van der Waals surface area contributed by atoms with Crippen molar-refractivity contribution in [2.24, 2.45) is 0 Å². The summed E-state index contributed by atoms with van der Waals surface area (Å²) < 4.78 is 23.0. The molecule has 0 aromatic carbocycles. The summed E-state index contributed by atoms with van der Waals surface area (Å²) >= 11 is 0. The number of likely N-dealkylation sites (tertiary alicyclic amines) is 1. The van der Waals surface area contributed by atoms with Crippen LogP contribution in [0.15, 0.2) is 0 Å². The molecule has 10 nitrogen and oxygen atoms in total. The molecule has 0 aliphatic carbocycles. The fraction of sp³-hybridized carbons (Fsp3) is 0.918. The lowest BCUT2D eigenvalue weighted by molar-refractivity contribution is -0.151. The highest BCUT2D eigenvalue weighted by Gasteiger charge is 2.39. The third-order valence-electron chi connectivity index (χ3n) is 11.6. The van der Waals surface area contributed by atoms with Gasteiger partial charge in [-0.25, -0.2) is 0 Å². The van der Waals surface area contributed by atoms with Crippen molar-refractivity contribution in [3.8, 4) is 0 Å². The van der Waals surface area contributed by atoms with E-state index in [4.69, 9.17) is 18.9 Å². The average Bonchev–Trinajstić information content (AvgIpc) is 3.61. The second kappa shape index (κ2) is 38.7. The van der Waals surface area contributed by atoms with Crippen molar-refractivity contribution in [1.82, 2.24) is 9.80 Å². The van der Waals surface area contributed by atoms with E-state index >= 15 is 0 Å². The topological polar surface area (TPSA) is 112 Å². The lowest BCUT2D eigenvalue weighted by Crippen LogP contribution is -2.38. The molecule has 1 aliphatic rings. The van der Waals surface area contributed by atoms with Crippen LogP contribution < -0.4 is 0 Å². The predicted molar refractivity (Wildman–Crippen MR) is 240 cm³/mol. The molecule has 0 saturated carbocycles. The van der Waals surface area contributed by atoms with E-state index in [1.807, 2.05) is 19.0 Å². The van der Waals surface area contributed by atoms with Gasteiger partial charge in [0, 0.05) is 32.4 Å². The summed E-state index contributed by atoms with van der Waals surface area (Å²) in [5.74, 6) is -0.846. The second-order valence-electron chi connectivity index (χ2n) is 17.6. The summed E-state index contributed by atoms with van der Waals surface area (Å²) in [6.45, 7) is 9.20. The summed E-state index contributed by atoms with van der Waals surface area (Å²) in [5.41, 5.74) is 0. The van der Waals surface area contributed by atoms with E-state index in [1.54, 1.807) is 0 Å². The summed E-state index contributed by atoms with van der Waals surface area (Å²) in [5, 5.41) is 0. The summed E-state index contributed by atoms with van der Waals surface area (Å²) in [7, 11) is 3.84. The molecular formula is C49H92N2O8. The minimum Gasteiger partial charge on any atom is -0.466 e. The monoisotopic (exact) mass is 837 g/mol. The first-order valence-electron chi connectivity index (χ1n) is 24.8. The van der Waals surface area contributed by atoms with Crippen molar-refractivity contribution in [3.63, 3.8) is 0 Å². The molecular weight excluding hydrogens is 745 g/mol. The van der Waals surface area contributed by atoms with Crippen molar-refractivity contribution in [3.05, 3.63) is 0 Å². The maximum Gasteiger partial charge on any atom is 0.323 e. The summed E-state index contributed by atoms with van der Waals surface area (Å²) in [6.07, 6.45) is 32.4. The Hall–Kier alpha value is -2.20. The van der Waals surface area contributed by atoms with E-state index in [9.17, 15) is 19.2 Å². The van der Waals surface area contributed by atoms with Crippen LogP contribution in [0.4, 0.5) is 0 Å². The van der Waals surface area contributed by atoms with Crippen LogP contribution in [0.5, 0.6) is 0 Å². The van der Waals surface area contributed by atoms with Gasteiger partial charge < -0.3 is 23.8 Å². The zero-order valence-electron chi connectivity index (χ0n) is 39.1. The van der Waals surface area contributed by atoms with Gasteiger partial charge in [-0.3, -0.25) is 24.1 Å². The number of hydrogen-bond acceptors (Lipinski definition) is 10. The summed E-state index contributed by atoms with van der Waals surface area (Å²) in [6, 6.07) is -0.488. The first-order valence-corrected chi connectivity index (χ1v) is 24.8. The van der Waals surface area contributed by atoms with Crippen LogP contribution in [-0.2, 0) is 38.1 Å². The molecule has 0 bridgehead atoms. The molecule has 0 aromatic rings. The first kappa shape index (κ1) is 54.8. The van der Waals surface area contributed by atoms with Gasteiger partial charge in [0.15, 0.2) is 0 Å². The Morgan fingerprint density at radius 1 is 0.542 bits per heavy atom. The molecule has 59 heavy (non-hydrogen) atoms. The molecule has 0 spiro atoms. The molecule has 346 valence electrons. The predicted octanol–water partition coefficient (Wildman–Crippen LogP) is 11.7. The van der Waals surface area contributed by atoms with Crippen LogP contribution in [0.1, 0.15) is 226 Å². The third kappa shape index (κ3) is 32.2. The molecule has 1 heterocycles. The molecule has 10 heteroatoms. The largest absolute Gasteiger partial charge is 0.466 e. The van der Waals surface area contributed by atoms with Crippen LogP contribution in [-0.4, -0.2) is 98.9 Å². The zero-order valence-corrected chi connectivity index (χ0v) is 39.1. The van der Waals surface area contributed by atoms with Crippen LogP contribution in [0.3, 0.4) is 0 Å². The van der Waals surface area contributed by atoms with Crippen molar-refractivity contribution < 1.29 is 38.1 Å². The average molecular weight is 837 g/mol. The highest BCUT2D eigenvalue weighted by atomic mass is 16.6. The maximum absolute atomic E-state index is 13.4. The number of carbonyl (C=O) groups is 4. The number of nitrogens with zero attached hydrogens (tertiary/aromatic N) is 2.